The summed E-state index contributed by atoms with van der Waals surface area (Å²) >= 11 is 0. The third kappa shape index (κ3) is 3.47. The van der Waals surface area contributed by atoms with Crippen molar-refractivity contribution in [2.45, 2.75) is 39.7 Å². The second-order valence-electron chi connectivity index (χ2n) is 8.29. The van der Waals surface area contributed by atoms with Gasteiger partial charge in [-0.2, -0.15) is 4.98 Å². The molecular formula is C24H23N5O3. The Bertz CT molecular complexity index is 1400. The number of amides is 1. The van der Waals surface area contributed by atoms with Gasteiger partial charge in [0.15, 0.2) is 5.82 Å². The molecule has 0 radical (unpaired) electrons. The Hall–Kier alpha value is -3.81. The lowest BCUT2D eigenvalue weighted by atomic mass is 10.1. The van der Waals surface area contributed by atoms with Crippen molar-refractivity contribution >= 4 is 22.5 Å². The lowest BCUT2D eigenvalue weighted by molar-refractivity contribution is -0.117. The summed E-state index contributed by atoms with van der Waals surface area (Å²) in [6.45, 7) is 6.51. The van der Waals surface area contributed by atoms with Crippen molar-refractivity contribution < 1.29 is 9.32 Å². The first-order valence-corrected chi connectivity index (χ1v) is 10.6. The number of rotatable bonds is 4. The van der Waals surface area contributed by atoms with E-state index >= 15 is 0 Å². The monoisotopic (exact) mass is 429 g/mol. The zero-order chi connectivity index (χ0) is 22.4. The predicted molar refractivity (Wildman–Crippen MR) is 120 cm³/mol. The van der Waals surface area contributed by atoms with Gasteiger partial charge in [0, 0.05) is 18.7 Å². The van der Waals surface area contributed by atoms with Gasteiger partial charge in [0.05, 0.1) is 23.4 Å². The number of nitrogens with zero attached hydrogens (tertiary/aromatic N) is 5. The fourth-order valence-corrected chi connectivity index (χ4v) is 4.12. The summed E-state index contributed by atoms with van der Waals surface area (Å²) in [5.74, 6) is 1.23. The first-order chi connectivity index (χ1) is 15.4. The molecule has 2 aromatic carbocycles. The fraction of sp³-hybridized carbons (Fsp3) is 0.292. The molecule has 1 fully saturated rings. The van der Waals surface area contributed by atoms with Crippen LogP contribution in [0.1, 0.15) is 41.0 Å². The fourth-order valence-electron chi connectivity index (χ4n) is 4.12. The highest BCUT2D eigenvalue weighted by Gasteiger charge is 2.35. The van der Waals surface area contributed by atoms with Crippen LogP contribution in [0.25, 0.3) is 10.9 Å². The molecule has 5 rings (SSSR count). The molecule has 0 saturated carbocycles. The maximum absolute atomic E-state index is 12.9. The molecule has 1 aliphatic heterocycles. The lowest BCUT2D eigenvalue weighted by Crippen LogP contribution is -2.25. The molecular weight excluding hydrogens is 406 g/mol. The van der Waals surface area contributed by atoms with Gasteiger partial charge in [0.2, 0.25) is 11.8 Å². The molecule has 8 nitrogen and oxygen atoms in total. The van der Waals surface area contributed by atoms with Crippen molar-refractivity contribution in [3.63, 3.8) is 0 Å². The van der Waals surface area contributed by atoms with Crippen LogP contribution < -0.4 is 10.5 Å². The number of hydrogen-bond acceptors (Lipinski definition) is 6. The van der Waals surface area contributed by atoms with Gasteiger partial charge in [-0.15, -0.1) is 0 Å². The summed E-state index contributed by atoms with van der Waals surface area (Å²) < 4.78 is 7.03. The Morgan fingerprint density at radius 1 is 1.03 bits per heavy atom. The largest absolute Gasteiger partial charge is 0.339 e. The number of aromatic nitrogens is 4. The number of benzene rings is 2. The summed E-state index contributed by atoms with van der Waals surface area (Å²) in [6, 6.07) is 13.3. The maximum atomic E-state index is 12.9. The van der Waals surface area contributed by atoms with E-state index in [-0.39, 0.29) is 23.9 Å². The smallest absolute Gasteiger partial charge is 0.261 e. The van der Waals surface area contributed by atoms with E-state index in [2.05, 4.69) is 15.1 Å². The highest BCUT2D eigenvalue weighted by Crippen LogP contribution is 2.31. The topological polar surface area (TPSA) is 94.1 Å². The molecule has 4 aromatic rings. The number of para-hydroxylation sites is 1. The Labute approximate surface area is 184 Å². The second kappa shape index (κ2) is 7.71. The second-order valence-corrected chi connectivity index (χ2v) is 8.29. The van der Waals surface area contributed by atoms with Gasteiger partial charge in [0.25, 0.3) is 5.56 Å². The molecule has 0 unspecified atom stereocenters. The third-order valence-electron chi connectivity index (χ3n) is 6.11. The van der Waals surface area contributed by atoms with Crippen LogP contribution in [0.2, 0.25) is 0 Å². The number of fused-ring (bicyclic) bond motifs is 1. The van der Waals surface area contributed by atoms with Crippen LogP contribution in [-0.4, -0.2) is 32.1 Å². The quantitative estimate of drug-likeness (QED) is 0.494. The predicted octanol–water partition coefficient (Wildman–Crippen LogP) is 3.27. The van der Waals surface area contributed by atoms with E-state index in [0.717, 1.165) is 11.3 Å². The highest BCUT2D eigenvalue weighted by molar-refractivity contribution is 5.96. The number of hydrogen-bond donors (Lipinski definition) is 0. The van der Waals surface area contributed by atoms with Gasteiger partial charge >= 0.3 is 0 Å². The molecule has 1 aliphatic rings. The first kappa shape index (κ1) is 20.1. The van der Waals surface area contributed by atoms with Gasteiger partial charge in [-0.05, 0) is 56.2 Å². The molecule has 0 bridgehead atoms. The molecule has 1 amide bonds. The third-order valence-corrected chi connectivity index (χ3v) is 6.11. The number of carbonyl (C=O) groups excluding carboxylic acids is 1. The van der Waals surface area contributed by atoms with Crippen molar-refractivity contribution in [3.8, 4) is 0 Å². The molecule has 0 aliphatic carbocycles. The Balaban J connectivity index is 1.38. The minimum absolute atomic E-state index is 0.0313. The van der Waals surface area contributed by atoms with Crippen molar-refractivity contribution in [1.29, 1.82) is 0 Å². The molecule has 3 heterocycles. The maximum Gasteiger partial charge on any atom is 0.261 e. The average Bonchev–Trinajstić information content (AvgIpc) is 3.40. The molecule has 162 valence electrons. The number of carbonyl (C=O) groups is 1. The van der Waals surface area contributed by atoms with Crippen LogP contribution in [0.5, 0.6) is 0 Å². The van der Waals surface area contributed by atoms with Gasteiger partial charge < -0.3 is 9.42 Å². The van der Waals surface area contributed by atoms with Gasteiger partial charge in [-0.3, -0.25) is 14.2 Å². The van der Waals surface area contributed by atoms with Crippen LogP contribution in [0, 0.1) is 20.8 Å². The summed E-state index contributed by atoms with van der Waals surface area (Å²) in [5, 5.41) is 4.61. The van der Waals surface area contributed by atoms with Crippen LogP contribution in [-0.2, 0) is 11.3 Å². The molecule has 0 N–H and O–H groups in total. The molecule has 1 saturated heterocycles. The zero-order valence-electron chi connectivity index (χ0n) is 18.2. The minimum atomic E-state index is -0.182. The van der Waals surface area contributed by atoms with Gasteiger partial charge in [0.1, 0.15) is 5.82 Å². The molecule has 32 heavy (non-hydrogen) atoms. The summed E-state index contributed by atoms with van der Waals surface area (Å²) in [4.78, 5) is 36.3. The summed E-state index contributed by atoms with van der Waals surface area (Å²) in [7, 11) is 0. The SMILES string of the molecule is Cc1ccc(N2C[C@@H](c3nc(Cn4c(C)nc5ccccc5c4=O)no3)CC2=O)cc1C. The van der Waals surface area contributed by atoms with E-state index in [1.165, 1.54) is 10.1 Å². The van der Waals surface area contributed by atoms with Crippen LogP contribution in [0.15, 0.2) is 51.8 Å². The van der Waals surface area contributed by atoms with E-state index in [9.17, 15) is 9.59 Å². The van der Waals surface area contributed by atoms with E-state index in [0.29, 0.717) is 41.4 Å². The van der Waals surface area contributed by atoms with E-state index < -0.39 is 0 Å². The number of aryl methyl sites for hydroxylation is 3. The molecule has 2 aromatic heterocycles. The van der Waals surface area contributed by atoms with Gasteiger partial charge in [-0.25, -0.2) is 4.98 Å². The normalized spacial score (nSPS) is 16.3. The Morgan fingerprint density at radius 3 is 2.66 bits per heavy atom. The Kier molecular flexibility index (Phi) is 4.84. The van der Waals surface area contributed by atoms with E-state index in [1.807, 2.05) is 50.2 Å². The summed E-state index contributed by atoms with van der Waals surface area (Å²) in [5.41, 5.74) is 3.73. The van der Waals surface area contributed by atoms with Crippen molar-refractivity contribution in [1.82, 2.24) is 19.7 Å². The summed E-state index contributed by atoms with van der Waals surface area (Å²) in [6.07, 6.45) is 0.311. The first-order valence-electron chi connectivity index (χ1n) is 10.6. The molecule has 0 spiro atoms. The van der Waals surface area contributed by atoms with Crippen molar-refractivity contribution in [2.24, 2.45) is 0 Å². The van der Waals surface area contributed by atoms with E-state index in [4.69, 9.17) is 4.52 Å². The molecule has 1 atom stereocenters. The molecule has 8 heteroatoms. The van der Waals surface area contributed by atoms with Crippen LogP contribution in [0.3, 0.4) is 0 Å². The van der Waals surface area contributed by atoms with Crippen LogP contribution in [0.4, 0.5) is 5.69 Å². The van der Waals surface area contributed by atoms with Crippen molar-refractivity contribution in [3.05, 3.63) is 81.5 Å². The Morgan fingerprint density at radius 2 is 1.84 bits per heavy atom. The van der Waals surface area contributed by atoms with Gasteiger partial charge in [-0.1, -0.05) is 23.4 Å². The van der Waals surface area contributed by atoms with E-state index in [1.54, 1.807) is 17.9 Å². The number of anilines is 1. The zero-order valence-corrected chi connectivity index (χ0v) is 18.2. The van der Waals surface area contributed by atoms with Crippen LogP contribution >= 0.6 is 0 Å². The lowest BCUT2D eigenvalue weighted by Gasteiger charge is -2.17. The minimum Gasteiger partial charge on any atom is -0.339 e. The standard InChI is InChI=1S/C24H23N5O3/c1-14-8-9-18(10-15(14)2)29-12-17(11-22(29)30)23-26-21(27-32-23)13-28-16(3)25-20-7-5-4-6-19(20)24(28)31/h4-10,17H,11-13H2,1-3H3/t17-/m0/s1. The van der Waals surface area contributed by atoms with Crippen molar-refractivity contribution in [2.75, 3.05) is 11.4 Å². The highest BCUT2D eigenvalue weighted by atomic mass is 16.5. The average molecular weight is 429 g/mol.